The van der Waals surface area contributed by atoms with E-state index in [-0.39, 0.29) is 35.9 Å². The van der Waals surface area contributed by atoms with Crippen molar-refractivity contribution in [3.8, 4) is 0 Å². The van der Waals surface area contributed by atoms with Gasteiger partial charge in [0.1, 0.15) is 0 Å². The fraction of sp³-hybridized carbons (Fsp3) is 0.867. The number of hydrogen-bond acceptors (Lipinski definition) is 3. The summed E-state index contributed by atoms with van der Waals surface area (Å²) < 4.78 is 4.87. The van der Waals surface area contributed by atoms with Crippen molar-refractivity contribution in [2.24, 2.45) is 22.7 Å². The van der Waals surface area contributed by atoms with E-state index in [1.54, 1.807) is 7.05 Å². The minimum Gasteiger partial charge on any atom is -0.469 e. The number of likely N-dealkylation sites (tertiary alicyclic amines) is 1. The average molecular weight is 411 g/mol. The summed E-state index contributed by atoms with van der Waals surface area (Å²) in [5, 5.41) is 3.39. The third kappa shape index (κ3) is 6.40. The zero-order valence-electron chi connectivity index (χ0n) is 13.9. The highest BCUT2D eigenvalue weighted by Crippen LogP contribution is 2.24. The van der Waals surface area contributed by atoms with Crippen molar-refractivity contribution < 1.29 is 9.53 Å². The Balaban J connectivity index is 0.00000400. The number of nitrogens with one attached hydrogen (secondary N) is 1. The van der Waals surface area contributed by atoms with E-state index in [0.29, 0.717) is 12.5 Å². The van der Waals surface area contributed by atoms with Gasteiger partial charge in [-0.3, -0.25) is 9.79 Å². The van der Waals surface area contributed by atoms with E-state index in [1.165, 1.54) is 13.5 Å². The van der Waals surface area contributed by atoms with Crippen molar-refractivity contribution in [2.45, 2.75) is 33.6 Å². The number of hydrogen-bond donors (Lipinski definition) is 1. The van der Waals surface area contributed by atoms with Gasteiger partial charge in [-0.05, 0) is 24.7 Å². The number of aliphatic imine (C=N–C) groups is 1. The average Bonchev–Trinajstić information content (AvgIpc) is 2.79. The Labute approximate surface area is 145 Å². The van der Waals surface area contributed by atoms with Gasteiger partial charge in [0.25, 0.3) is 0 Å². The van der Waals surface area contributed by atoms with Gasteiger partial charge < -0.3 is 15.0 Å². The van der Waals surface area contributed by atoms with Crippen LogP contribution in [0.15, 0.2) is 4.99 Å². The standard InChI is InChI=1S/C15H29N3O2.HI/c1-11(2)7-6-8-17-15(16-4)18-9-12(3)13(10-18)14(19)20-5;/h11-13H,6-10H2,1-5H3,(H,16,17);1H. The minimum atomic E-state index is -0.115. The highest BCUT2D eigenvalue weighted by Gasteiger charge is 2.36. The third-order valence-corrected chi connectivity index (χ3v) is 3.87. The third-order valence-electron chi connectivity index (χ3n) is 3.87. The van der Waals surface area contributed by atoms with E-state index in [0.717, 1.165) is 31.4 Å². The minimum absolute atomic E-state index is 0. The van der Waals surface area contributed by atoms with Crippen LogP contribution in [0.1, 0.15) is 33.6 Å². The monoisotopic (exact) mass is 411 g/mol. The molecule has 124 valence electrons. The second-order valence-corrected chi connectivity index (χ2v) is 6.02. The summed E-state index contributed by atoms with van der Waals surface area (Å²) in [5.41, 5.74) is 0. The molecular weight excluding hydrogens is 381 g/mol. The molecule has 1 aliphatic rings. The van der Waals surface area contributed by atoms with Crippen molar-refractivity contribution in [3.05, 3.63) is 0 Å². The first-order valence-corrected chi connectivity index (χ1v) is 7.53. The number of esters is 1. The van der Waals surface area contributed by atoms with E-state index in [1.807, 2.05) is 0 Å². The molecule has 0 aliphatic carbocycles. The van der Waals surface area contributed by atoms with Crippen LogP contribution >= 0.6 is 24.0 Å². The van der Waals surface area contributed by atoms with Crippen LogP contribution in [0, 0.1) is 17.8 Å². The summed E-state index contributed by atoms with van der Waals surface area (Å²) in [6, 6.07) is 0. The molecule has 0 aromatic rings. The number of nitrogens with zero attached hydrogens (tertiary/aromatic N) is 2. The zero-order chi connectivity index (χ0) is 15.1. The number of methoxy groups -OCH3 is 1. The highest BCUT2D eigenvalue weighted by atomic mass is 127. The fourth-order valence-corrected chi connectivity index (χ4v) is 2.64. The van der Waals surface area contributed by atoms with Gasteiger partial charge in [-0.1, -0.05) is 20.8 Å². The zero-order valence-corrected chi connectivity index (χ0v) is 16.2. The number of rotatable bonds is 5. The lowest BCUT2D eigenvalue weighted by Crippen LogP contribution is -2.41. The van der Waals surface area contributed by atoms with E-state index in [2.05, 4.69) is 36.0 Å². The molecule has 0 aromatic heterocycles. The Morgan fingerprint density at radius 1 is 1.43 bits per heavy atom. The highest BCUT2D eigenvalue weighted by molar-refractivity contribution is 14.0. The number of halogens is 1. The predicted molar refractivity (Wildman–Crippen MR) is 97.1 cm³/mol. The van der Waals surface area contributed by atoms with Gasteiger partial charge in [-0.15, -0.1) is 24.0 Å². The molecule has 0 aromatic carbocycles. The molecule has 0 amide bonds. The molecule has 0 radical (unpaired) electrons. The molecule has 1 rings (SSSR count). The van der Waals surface area contributed by atoms with Crippen LogP contribution < -0.4 is 5.32 Å². The molecular formula is C15H30IN3O2. The topological polar surface area (TPSA) is 53.9 Å². The number of guanidine groups is 1. The van der Waals surface area contributed by atoms with Gasteiger partial charge in [0.15, 0.2) is 5.96 Å². The second-order valence-electron chi connectivity index (χ2n) is 6.02. The maximum absolute atomic E-state index is 11.7. The summed E-state index contributed by atoms with van der Waals surface area (Å²) >= 11 is 0. The van der Waals surface area contributed by atoms with Crippen LogP contribution in [0.3, 0.4) is 0 Å². The summed E-state index contributed by atoms with van der Waals surface area (Å²) in [5.74, 6) is 1.77. The molecule has 1 N–H and O–H groups in total. The van der Waals surface area contributed by atoms with Crippen molar-refractivity contribution in [3.63, 3.8) is 0 Å². The first kappa shape index (κ1) is 20.5. The maximum Gasteiger partial charge on any atom is 0.310 e. The van der Waals surface area contributed by atoms with Crippen molar-refractivity contribution >= 4 is 35.9 Å². The SMILES string of the molecule is CN=C(NCCCC(C)C)N1CC(C)C(C(=O)OC)C1.I. The summed E-state index contributed by atoms with van der Waals surface area (Å²) in [6.45, 7) is 9.03. The molecule has 0 saturated carbocycles. The summed E-state index contributed by atoms with van der Waals surface area (Å²) in [4.78, 5) is 18.2. The molecule has 2 unspecified atom stereocenters. The lowest BCUT2D eigenvalue weighted by atomic mass is 9.99. The Morgan fingerprint density at radius 3 is 2.62 bits per heavy atom. The molecule has 5 nitrogen and oxygen atoms in total. The van der Waals surface area contributed by atoms with Gasteiger partial charge in [-0.25, -0.2) is 0 Å². The largest absolute Gasteiger partial charge is 0.469 e. The molecule has 2 atom stereocenters. The van der Waals surface area contributed by atoms with Crippen LogP contribution in [-0.2, 0) is 9.53 Å². The molecule has 1 aliphatic heterocycles. The second kappa shape index (κ2) is 10.2. The molecule has 6 heteroatoms. The Bertz CT molecular complexity index is 348. The molecule has 1 heterocycles. The Kier molecular flexibility index (Phi) is 9.98. The number of ether oxygens (including phenoxy) is 1. The first-order chi connectivity index (χ1) is 9.49. The first-order valence-electron chi connectivity index (χ1n) is 7.53. The van der Waals surface area contributed by atoms with Crippen LogP contribution in [0.2, 0.25) is 0 Å². The smallest absolute Gasteiger partial charge is 0.310 e. The van der Waals surface area contributed by atoms with Gasteiger partial charge in [0.05, 0.1) is 13.0 Å². The van der Waals surface area contributed by atoms with Crippen LogP contribution in [0.4, 0.5) is 0 Å². The van der Waals surface area contributed by atoms with Crippen LogP contribution in [0.5, 0.6) is 0 Å². The molecule has 0 spiro atoms. The summed E-state index contributed by atoms with van der Waals surface area (Å²) in [6.07, 6.45) is 2.35. The maximum atomic E-state index is 11.7. The van der Waals surface area contributed by atoms with Crippen molar-refractivity contribution in [1.82, 2.24) is 10.2 Å². The summed E-state index contributed by atoms with van der Waals surface area (Å²) in [7, 11) is 3.25. The van der Waals surface area contributed by atoms with Gasteiger partial charge in [0.2, 0.25) is 0 Å². The normalized spacial score (nSPS) is 22.2. The molecule has 1 fully saturated rings. The quantitative estimate of drug-likeness (QED) is 0.248. The Hall–Kier alpha value is -0.530. The van der Waals surface area contributed by atoms with Gasteiger partial charge in [0, 0.05) is 26.7 Å². The van der Waals surface area contributed by atoms with Gasteiger partial charge >= 0.3 is 5.97 Å². The number of carbonyl (C=O) groups excluding carboxylic acids is 1. The fourth-order valence-electron chi connectivity index (χ4n) is 2.64. The van der Waals surface area contributed by atoms with Crippen LogP contribution in [-0.4, -0.2) is 50.6 Å². The van der Waals surface area contributed by atoms with E-state index in [4.69, 9.17) is 4.74 Å². The van der Waals surface area contributed by atoms with E-state index in [9.17, 15) is 4.79 Å². The number of carbonyl (C=O) groups is 1. The lowest BCUT2D eigenvalue weighted by molar-refractivity contribution is -0.145. The predicted octanol–water partition coefficient (Wildman–Crippen LogP) is 2.36. The molecule has 21 heavy (non-hydrogen) atoms. The molecule has 0 bridgehead atoms. The van der Waals surface area contributed by atoms with E-state index < -0.39 is 0 Å². The molecule has 1 saturated heterocycles. The van der Waals surface area contributed by atoms with Crippen molar-refractivity contribution in [1.29, 1.82) is 0 Å². The Morgan fingerprint density at radius 2 is 2.10 bits per heavy atom. The lowest BCUT2D eigenvalue weighted by Gasteiger charge is -2.21. The van der Waals surface area contributed by atoms with Gasteiger partial charge in [-0.2, -0.15) is 0 Å². The van der Waals surface area contributed by atoms with Crippen molar-refractivity contribution in [2.75, 3.05) is 33.8 Å². The van der Waals surface area contributed by atoms with E-state index >= 15 is 0 Å². The van der Waals surface area contributed by atoms with Crippen LogP contribution in [0.25, 0.3) is 0 Å².